The van der Waals surface area contributed by atoms with Crippen LogP contribution in [0.5, 0.6) is 0 Å². The normalized spacial score (nSPS) is 12.3. The van der Waals surface area contributed by atoms with E-state index in [4.69, 9.17) is 0 Å². The number of H-pyrrole nitrogens is 1. The number of rotatable bonds is 3. The Bertz CT molecular complexity index is 343. The van der Waals surface area contributed by atoms with Crippen molar-refractivity contribution in [2.24, 2.45) is 7.05 Å². The number of aromatic nitrogens is 2. The molecule has 68 valence electrons. The molecule has 13 heavy (non-hydrogen) atoms. The first-order valence-corrected chi connectivity index (χ1v) is 4.27. The van der Waals surface area contributed by atoms with E-state index in [9.17, 15) is 0 Å². The van der Waals surface area contributed by atoms with E-state index in [2.05, 4.69) is 17.8 Å². The van der Waals surface area contributed by atoms with Crippen LogP contribution in [-0.2, 0) is 7.05 Å². The summed E-state index contributed by atoms with van der Waals surface area (Å²) in [5.74, 6) is 0. The molecule has 1 aromatic rings. The Balaban J connectivity index is 3.01. The van der Waals surface area contributed by atoms with Crippen LogP contribution in [0.4, 0.5) is 0 Å². The molecule has 1 N–H and O–H groups in total. The molecule has 1 aromatic heterocycles. The fourth-order valence-electron chi connectivity index (χ4n) is 1.17. The first-order chi connectivity index (χ1) is 6.27. The first kappa shape index (κ1) is 9.52. The fraction of sp³-hybridized carbons (Fsp3) is 0.182. The number of hydrogen-bond acceptors (Lipinski definition) is 0. The van der Waals surface area contributed by atoms with Gasteiger partial charge in [0.05, 0.1) is 11.8 Å². The van der Waals surface area contributed by atoms with Crippen molar-refractivity contribution in [1.29, 1.82) is 0 Å². The van der Waals surface area contributed by atoms with Crippen LogP contribution < -0.4 is 4.68 Å². The van der Waals surface area contributed by atoms with Crippen molar-refractivity contribution in [1.82, 2.24) is 5.10 Å². The lowest BCUT2D eigenvalue weighted by Crippen LogP contribution is -2.27. The lowest BCUT2D eigenvalue weighted by molar-refractivity contribution is -0.726. The van der Waals surface area contributed by atoms with E-state index in [0.717, 1.165) is 5.57 Å². The van der Waals surface area contributed by atoms with Crippen molar-refractivity contribution in [2.75, 3.05) is 0 Å². The highest BCUT2D eigenvalue weighted by molar-refractivity contribution is 5.73. The largest absolute Gasteiger partial charge is 0.202 e. The van der Waals surface area contributed by atoms with Gasteiger partial charge in [0.15, 0.2) is 7.05 Å². The molecule has 0 saturated heterocycles. The maximum atomic E-state index is 3.69. The molecule has 2 nitrogen and oxygen atoms in total. The van der Waals surface area contributed by atoms with Crippen molar-refractivity contribution in [3.05, 3.63) is 48.8 Å². The SMILES string of the molecule is C=C/C=C(\C=C/C)c1c[nH][n+](C)c1. The standard InChI is InChI=1S/C11H14N2/c1-4-6-10(7-5-2)11-8-12-13(3)9-11/h4-9H,1H2,2-3H3/p+1/b7-5-,10-6+. The Hall–Kier alpha value is -1.57. The second-order valence-electron chi connectivity index (χ2n) is 2.83. The smallest absolute Gasteiger partial charge is 0.173 e. The minimum Gasteiger partial charge on any atom is -0.173 e. The van der Waals surface area contributed by atoms with Crippen LogP contribution in [0.25, 0.3) is 5.57 Å². The Morgan fingerprint density at radius 1 is 1.62 bits per heavy atom. The van der Waals surface area contributed by atoms with Crippen LogP contribution >= 0.6 is 0 Å². The highest BCUT2D eigenvalue weighted by atomic mass is 15.2. The van der Waals surface area contributed by atoms with Gasteiger partial charge in [-0.1, -0.05) is 30.9 Å². The minimum atomic E-state index is 1.16. The summed E-state index contributed by atoms with van der Waals surface area (Å²) in [6, 6.07) is 0. The second-order valence-corrected chi connectivity index (χ2v) is 2.83. The van der Waals surface area contributed by atoms with Crippen molar-refractivity contribution >= 4 is 5.57 Å². The Labute approximate surface area is 78.9 Å². The summed E-state index contributed by atoms with van der Waals surface area (Å²) in [4.78, 5) is 0. The van der Waals surface area contributed by atoms with Gasteiger partial charge in [0.25, 0.3) is 0 Å². The van der Waals surface area contributed by atoms with E-state index in [-0.39, 0.29) is 0 Å². The molecule has 0 spiro atoms. The summed E-state index contributed by atoms with van der Waals surface area (Å²) in [5, 5.41) is 3.07. The van der Waals surface area contributed by atoms with Gasteiger partial charge in [-0.25, -0.2) is 0 Å². The predicted molar refractivity (Wildman–Crippen MR) is 55.0 cm³/mol. The summed E-state index contributed by atoms with van der Waals surface area (Å²) in [5.41, 5.74) is 2.33. The molecule has 0 unspecified atom stereocenters. The van der Waals surface area contributed by atoms with Gasteiger partial charge in [0.1, 0.15) is 0 Å². The molecule has 0 aliphatic heterocycles. The molecular formula is C11H15N2+. The number of hydrogen-bond donors (Lipinski definition) is 1. The fourth-order valence-corrected chi connectivity index (χ4v) is 1.17. The van der Waals surface area contributed by atoms with Crippen molar-refractivity contribution in [2.45, 2.75) is 6.92 Å². The van der Waals surface area contributed by atoms with E-state index in [1.54, 1.807) is 6.08 Å². The second kappa shape index (κ2) is 4.45. The van der Waals surface area contributed by atoms with Gasteiger partial charge in [0.2, 0.25) is 6.20 Å². The number of allylic oxidation sites excluding steroid dienone is 5. The third kappa shape index (κ3) is 2.44. The Morgan fingerprint density at radius 3 is 2.85 bits per heavy atom. The predicted octanol–water partition coefficient (Wildman–Crippen LogP) is 1.98. The lowest BCUT2D eigenvalue weighted by atomic mass is 10.1. The summed E-state index contributed by atoms with van der Waals surface area (Å²) in [7, 11) is 1.96. The summed E-state index contributed by atoms with van der Waals surface area (Å²) < 4.78 is 1.91. The van der Waals surface area contributed by atoms with Crippen molar-refractivity contribution in [3.63, 3.8) is 0 Å². The van der Waals surface area contributed by atoms with Gasteiger partial charge in [-0.05, 0) is 12.5 Å². The van der Waals surface area contributed by atoms with Gasteiger partial charge in [0, 0.05) is 0 Å². The summed E-state index contributed by atoms with van der Waals surface area (Å²) >= 11 is 0. The highest BCUT2D eigenvalue weighted by Gasteiger charge is 2.03. The number of nitrogens with one attached hydrogen (secondary N) is 1. The lowest BCUT2D eigenvalue weighted by Gasteiger charge is -1.91. The van der Waals surface area contributed by atoms with Crippen LogP contribution in [0.15, 0.2) is 43.3 Å². The zero-order valence-corrected chi connectivity index (χ0v) is 8.12. The molecule has 1 rings (SSSR count). The molecular weight excluding hydrogens is 160 g/mol. The van der Waals surface area contributed by atoms with Gasteiger partial charge < -0.3 is 0 Å². The van der Waals surface area contributed by atoms with Crippen molar-refractivity contribution in [3.8, 4) is 0 Å². The van der Waals surface area contributed by atoms with E-state index < -0.39 is 0 Å². The van der Waals surface area contributed by atoms with Crippen molar-refractivity contribution < 1.29 is 4.68 Å². The first-order valence-electron chi connectivity index (χ1n) is 4.27. The molecule has 0 bridgehead atoms. The van der Waals surface area contributed by atoms with Crippen LogP contribution in [0, 0.1) is 0 Å². The number of aromatic amines is 1. The molecule has 1 heterocycles. The number of nitrogens with zero attached hydrogens (tertiary/aromatic N) is 1. The molecule has 0 aromatic carbocycles. The maximum Gasteiger partial charge on any atom is 0.202 e. The molecule has 0 fully saturated rings. The van der Waals surface area contributed by atoms with Crippen LogP contribution in [0.2, 0.25) is 0 Å². The number of aryl methyl sites for hydroxylation is 1. The van der Waals surface area contributed by atoms with Crippen LogP contribution in [0.3, 0.4) is 0 Å². The molecule has 0 aliphatic rings. The third-order valence-corrected chi connectivity index (χ3v) is 1.73. The molecule has 0 atom stereocenters. The van der Waals surface area contributed by atoms with Crippen LogP contribution in [0.1, 0.15) is 12.5 Å². The summed E-state index contributed by atoms with van der Waals surface area (Å²) in [6.07, 6.45) is 11.9. The maximum absolute atomic E-state index is 3.69. The molecule has 0 saturated carbocycles. The van der Waals surface area contributed by atoms with E-state index >= 15 is 0 Å². The summed E-state index contributed by atoms with van der Waals surface area (Å²) in [6.45, 7) is 5.69. The van der Waals surface area contributed by atoms with Gasteiger partial charge >= 0.3 is 0 Å². The van der Waals surface area contributed by atoms with E-state index in [1.807, 2.05) is 43.2 Å². The van der Waals surface area contributed by atoms with E-state index in [0.29, 0.717) is 0 Å². The average Bonchev–Trinajstić information content (AvgIpc) is 2.51. The Morgan fingerprint density at radius 2 is 2.38 bits per heavy atom. The van der Waals surface area contributed by atoms with Gasteiger partial charge in [-0.2, -0.15) is 5.10 Å². The quantitative estimate of drug-likeness (QED) is 0.535. The third-order valence-electron chi connectivity index (χ3n) is 1.73. The monoisotopic (exact) mass is 175 g/mol. The molecule has 2 heteroatoms. The van der Waals surface area contributed by atoms with E-state index in [1.165, 1.54) is 5.56 Å². The topological polar surface area (TPSA) is 19.7 Å². The van der Waals surface area contributed by atoms with Crippen LogP contribution in [-0.4, -0.2) is 5.10 Å². The molecule has 0 amide bonds. The average molecular weight is 175 g/mol. The highest BCUT2D eigenvalue weighted by Crippen LogP contribution is 2.12. The molecule has 0 aliphatic carbocycles. The minimum absolute atomic E-state index is 1.16. The zero-order chi connectivity index (χ0) is 9.68. The Kier molecular flexibility index (Phi) is 3.26. The van der Waals surface area contributed by atoms with Gasteiger partial charge in [-0.15, -0.1) is 4.68 Å². The zero-order valence-electron chi connectivity index (χ0n) is 8.12. The molecule has 0 radical (unpaired) electrons. The van der Waals surface area contributed by atoms with Gasteiger partial charge in [-0.3, -0.25) is 0 Å².